The molecule has 0 aromatic heterocycles. The second-order valence-corrected chi connectivity index (χ2v) is 5.20. The van der Waals surface area contributed by atoms with E-state index in [1.165, 1.54) is 0 Å². The molecule has 1 unspecified atom stereocenters. The third-order valence-electron chi connectivity index (χ3n) is 3.17. The fourth-order valence-corrected chi connectivity index (χ4v) is 1.64. The van der Waals surface area contributed by atoms with E-state index in [2.05, 4.69) is 16.0 Å². The monoisotopic (exact) mass is 305 g/mol. The van der Waals surface area contributed by atoms with Gasteiger partial charge in [0.05, 0.1) is 0 Å². The highest BCUT2D eigenvalue weighted by atomic mass is 16.2. The zero-order valence-electron chi connectivity index (χ0n) is 13.2. The van der Waals surface area contributed by atoms with E-state index in [-0.39, 0.29) is 24.9 Å². The van der Waals surface area contributed by atoms with E-state index in [0.717, 1.165) is 12.0 Å². The van der Waals surface area contributed by atoms with Crippen molar-refractivity contribution < 1.29 is 14.4 Å². The average molecular weight is 305 g/mol. The van der Waals surface area contributed by atoms with Crippen LogP contribution in [0.25, 0.3) is 0 Å². The van der Waals surface area contributed by atoms with Gasteiger partial charge in [-0.15, -0.1) is 0 Å². The van der Waals surface area contributed by atoms with Gasteiger partial charge in [-0.2, -0.15) is 0 Å². The topological polar surface area (TPSA) is 87.3 Å². The minimum absolute atomic E-state index is 0.105. The van der Waals surface area contributed by atoms with Crippen LogP contribution in [0.5, 0.6) is 0 Å². The van der Waals surface area contributed by atoms with Gasteiger partial charge in [0.15, 0.2) is 0 Å². The molecule has 120 valence electrons. The smallest absolute Gasteiger partial charge is 0.313 e. The molecule has 0 aliphatic rings. The number of benzene rings is 1. The zero-order valence-corrected chi connectivity index (χ0v) is 13.2. The third-order valence-corrected chi connectivity index (χ3v) is 3.17. The van der Waals surface area contributed by atoms with Crippen LogP contribution in [-0.4, -0.2) is 30.3 Å². The molecular weight excluding hydrogens is 282 g/mol. The molecule has 1 aromatic rings. The average Bonchev–Trinajstić information content (AvgIpc) is 2.49. The molecule has 0 fully saturated rings. The molecular formula is C16H23N3O3. The van der Waals surface area contributed by atoms with Crippen LogP contribution in [0.2, 0.25) is 0 Å². The summed E-state index contributed by atoms with van der Waals surface area (Å²) in [7, 11) is 0. The minimum Gasteiger partial charge on any atom is -0.354 e. The predicted octanol–water partition coefficient (Wildman–Crippen LogP) is 1.35. The van der Waals surface area contributed by atoms with Gasteiger partial charge in [-0.3, -0.25) is 14.4 Å². The minimum atomic E-state index is -0.753. The molecule has 0 saturated carbocycles. The van der Waals surface area contributed by atoms with Gasteiger partial charge in [0.25, 0.3) is 0 Å². The Morgan fingerprint density at radius 3 is 2.32 bits per heavy atom. The Kier molecular flexibility index (Phi) is 7.08. The standard InChI is InChI=1S/C16H23N3O3/c1-4-12(3)18-14(20)9-10-17-15(21)16(22)19-13-7-5-11(2)6-8-13/h5-8,12H,4,9-10H2,1-3H3,(H,17,21)(H,18,20)(H,19,22). The molecule has 6 heteroatoms. The van der Waals surface area contributed by atoms with Gasteiger partial charge in [0, 0.05) is 24.7 Å². The van der Waals surface area contributed by atoms with Gasteiger partial charge < -0.3 is 16.0 Å². The maximum absolute atomic E-state index is 11.7. The van der Waals surface area contributed by atoms with Crippen molar-refractivity contribution in [2.75, 3.05) is 11.9 Å². The van der Waals surface area contributed by atoms with Gasteiger partial charge in [-0.25, -0.2) is 0 Å². The SMILES string of the molecule is CCC(C)NC(=O)CCNC(=O)C(=O)Nc1ccc(C)cc1. The first-order chi connectivity index (χ1) is 10.4. The van der Waals surface area contributed by atoms with Crippen LogP contribution in [0, 0.1) is 6.92 Å². The van der Waals surface area contributed by atoms with Crippen LogP contribution < -0.4 is 16.0 Å². The van der Waals surface area contributed by atoms with Crippen molar-refractivity contribution in [2.24, 2.45) is 0 Å². The molecule has 6 nitrogen and oxygen atoms in total. The van der Waals surface area contributed by atoms with E-state index in [4.69, 9.17) is 0 Å². The largest absolute Gasteiger partial charge is 0.354 e. The maximum atomic E-state index is 11.7. The number of hydrogen-bond donors (Lipinski definition) is 3. The van der Waals surface area contributed by atoms with E-state index in [9.17, 15) is 14.4 Å². The van der Waals surface area contributed by atoms with Gasteiger partial charge in [0.2, 0.25) is 5.91 Å². The molecule has 0 saturated heterocycles. The Labute approximate surface area is 130 Å². The van der Waals surface area contributed by atoms with Crippen molar-refractivity contribution in [1.29, 1.82) is 0 Å². The fraction of sp³-hybridized carbons (Fsp3) is 0.438. The molecule has 0 heterocycles. The van der Waals surface area contributed by atoms with Crippen LogP contribution in [-0.2, 0) is 14.4 Å². The summed E-state index contributed by atoms with van der Waals surface area (Å²) in [6.07, 6.45) is 0.991. The van der Waals surface area contributed by atoms with Crippen LogP contribution in [0.4, 0.5) is 5.69 Å². The summed E-state index contributed by atoms with van der Waals surface area (Å²) in [4.78, 5) is 34.8. The van der Waals surface area contributed by atoms with Crippen LogP contribution >= 0.6 is 0 Å². The number of nitrogens with one attached hydrogen (secondary N) is 3. The lowest BCUT2D eigenvalue weighted by Gasteiger charge is -2.11. The number of aryl methyl sites for hydroxylation is 1. The van der Waals surface area contributed by atoms with E-state index >= 15 is 0 Å². The van der Waals surface area contributed by atoms with Crippen LogP contribution in [0.1, 0.15) is 32.3 Å². The summed E-state index contributed by atoms with van der Waals surface area (Å²) < 4.78 is 0. The van der Waals surface area contributed by atoms with Gasteiger partial charge in [-0.05, 0) is 32.4 Å². The summed E-state index contributed by atoms with van der Waals surface area (Å²) in [5.41, 5.74) is 1.62. The van der Waals surface area contributed by atoms with Crippen LogP contribution in [0.3, 0.4) is 0 Å². The van der Waals surface area contributed by atoms with Crippen molar-refractivity contribution in [1.82, 2.24) is 10.6 Å². The summed E-state index contributed by atoms with van der Waals surface area (Å²) >= 11 is 0. The predicted molar refractivity (Wildman–Crippen MR) is 85.3 cm³/mol. The van der Waals surface area contributed by atoms with Crippen LogP contribution in [0.15, 0.2) is 24.3 Å². The Bertz CT molecular complexity index is 526. The van der Waals surface area contributed by atoms with E-state index in [0.29, 0.717) is 5.69 Å². The summed E-state index contributed by atoms with van der Waals surface area (Å²) in [6.45, 7) is 5.94. The van der Waals surface area contributed by atoms with Crippen molar-refractivity contribution in [2.45, 2.75) is 39.7 Å². The number of hydrogen-bond acceptors (Lipinski definition) is 3. The quantitative estimate of drug-likeness (QED) is 0.693. The Hall–Kier alpha value is -2.37. The molecule has 0 spiro atoms. The fourth-order valence-electron chi connectivity index (χ4n) is 1.64. The molecule has 1 rings (SSSR count). The van der Waals surface area contributed by atoms with Crippen molar-refractivity contribution >= 4 is 23.4 Å². The molecule has 3 amide bonds. The molecule has 22 heavy (non-hydrogen) atoms. The maximum Gasteiger partial charge on any atom is 0.313 e. The van der Waals surface area contributed by atoms with Crippen molar-refractivity contribution in [3.8, 4) is 0 Å². The Morgan fingerprint density at radius 2 is 1.73 bits per heavy atom. The lowest BCUT2D eigenvalue weighted by molar-refractivity contribution is -0.136. The number of rotatable bonds is 6. The zero-order chi connectivity index (χ0) is 16.5. The van der Waals surface area contributed by atoms with E-state index in [1.807, 2.05) is 32.9 Å². The number of anilines is 1. The molecule has 1 atom stereocenters. The molecule has 0 radical (unpaired) electrons. The second kappa shape index (κ2) is 8.81. The number of amides is 3. The summed E-state index contributed by atoms with van der Waals surface area (Å²) in [5.74, 6) is -1.64. The highest BCUT2D eigenvalue weighted by Gasteiger charge is 2.14. The lowest BCUT2D eigenvalue weighted by atomic mass is 10.2. The van der Waals surface area contributed by atoms with Gasteiger partial charge in [-0.1, -0.05) is 24.6 Å². The number of carbonyl (C=O) groups is 3. The molecule has 0 bridgehead atoms. The number of carbonyl (C=O) groups excluding carboxylic acids is 3. The second-order valence-electron chi connectivity index (χ2n) is 5.20. The summed E-state index contributed by atoms with van der Waals surface area (Å²) in [6, 6.07) is 7.23. The van der Waals surface area contributed by atoms with E-state index < -0.39 is 11.8 Å². The van der Waals surface area contributed by atoms with E-state index in [1.54, 1.807) is 12.1 Å². The Morgan fingerprint density at radius 1 is 1.09 bits per heavy atom. The third kappa shape index (κ3) is 6.39. The summed E-state index contributed by atoms with van der Waals surface area (Å²) in [5, 5.41) is 7.71. The highest BCUT2D eigenvalue weighted by molar-refractivity contribution is 6.39. The molecule has 3 N–H and O–H groups in total. The van der Waals surface area contributed by atoms with Gasteiger partial charge in [0.1, 0.15) is 0 Å². The molecule has 0 aliphatic heterocycles. The molecule has 1 aromatic carbocycles. The van der Waals surface area contributed by atoms with Crippen molar-refractivity contribution in [3.63, 3.8) is 0 Å². The van der Waals surface area contributed by atoms with Gasteiger partial charge >= 0.3 is 11.8 Å². The molecule has 0 aliphatic carbocycles. The Balaban J connectivity index is 2.31. The van der Waals surface area contributed by atoms with Crippen molar-refractivity contribution in [3.05, 3.63) is 29.8 Å². The first kappa shape index (κ1) is 17.7. The first-order valence-corrected chi connectivity index (χ1v) is 7.37. The highest BCUT2D eigenvalue weighted by Crippen LogP contribution is 2.08. The lowest BCUT2D eigenvalue weighted by Crippen LogP contribution is -2.39. The first-order valence-electron chi connectivity index (χ1n) is 7.37. The normalized spacial score (nSPS) is 11.4.